The second-order valence-corrected chi connectivity index (χ2v) is 3.46. The van der Waals surface area contributed by atoms with Gasteiger partial charge < -0.3 is 10.8 Å². The number of rotatable bonds is 4. The summed E-state index contributed by atoms with van der Waals surface area (Å²) in [5.41, 5.74) is 4.94. The minimum atomic E-state index is -1.42. The molecule has 3 N–H and O–H groups in total. The lowest BCUT2D eigenvalue weighted by Crippen LogP contribution is -2.45. The van der Waals surface area contributed by atoms with Gasteiger partial charge in [0.15, 0.2) is 5.78 Å². The molecular weight excluding hydrogens is 194 g/mol. The molecule has 15 heavy (non-hydrogen) atoms. The summed E-state index contributed by atoms with van der Waals surface area (Å²) in [6.45, 7) is 1.30. The Balaban J connectivity index is 3.13. The minimum absolute atomic E-state index is 0.351. The lowest BCUT2D eigenvalue weighted by molar-refractivity contribution is -0.141. The molecule has 1 aromatic rings. The van der Waals surface area contributed by atoms with E-state index < -0.39 is 17.9 Å². The lowest BCUT2D eigenvalue weighted by atomic mass is 9.84. The molecule has 0 bridgehead atoms. The van der Waals surface area contributed by atoms with Gasteiger partial charge in [-0.2, -0.15) is 0 Å². The molecule has 0 fully saturated rings. The van der Waals surface area contributed by atoms with Crippen molar-refractivity contribution in [2.24, 2.45) is 5.73 Å². The highest BCUT2D eigenvalue weighted by atomic mass is 16.4. The highest BCUT2D eigenvalue weighted by Crippen LogP contribution is 2.23. The van der Waals surface area contributed by atoms with Crippen molar-refractivity contribution >= 4 is 11.8 Å². The number of aliphatic carboxylic acids is 1. The van der Waals surface area contributed by atoms with Crippen molar-refractivity contribution in [2.45, 2.75) is 18.9 Å². The second kappa shape index (κ2) is 4.23. The van der Waals surface area contributed by atoms with Gasteiger partial charge in [0.1, 0.15) is 5.54 Å². The van der Waals surface area contributed by atoms with Gasteiger partial charge in [0, 0.05) is 0 Å². The van der Waals surface area contributed by atoms with Crippen LogP contribution in [0.5, 0.6) is 0 Å². The van der Waals surface area contributed by atoms with Crippen molar-refractivity contribution in [3.63, 3.8) is 0 Å². The normalized spacial score (nSPS) is 14.3. The molecular formula is C11H13NO3. The highest BCUT2D eigenvalue weighted by molar-refractivity contribution is 5.91. The van der Waals surface area contributed by atoms with Gasteiger partial charge in [-0.1, -0.05) is 30.3 Å². The number of Topliss-reactive ketones (excluding diaryl/α,β-unsaturated/α-hetero) is 1. The summed E-state index contributed by atoms with van der Waals surface area (Å²) in [5.74, 6) is -1.44. The van der Waals surface area contributed by atoms with Crippen LogP contribution in [0.25, 0.3) is 0 Å². The molecule has 0 aromatic heterocycles. The van der Waals surface area contributed by atoms with Crippen LogP contribution in [0.1, 0.15) is 18.9 Å². The predicted molar refractivity (Wildman–Crippen MR) is 55.2 cm³/mol. The molecule has 0 unspecified atom stereocenters. The first-order valence-electron chi connectivity index (χ1n) is 4.54. The Bertz CT molecular complexity index is 375. The summed E-state index contributed by atoms with van der Waals surface area (Å²) in [4.78, 5) is 22.1. The van der Waals surface area contributed by atoms with Gasteiger partial charge in [0.25, 0.3) is 0 Å². The van der Waals surface area contributed by atoms with Crippen LogP contribution < -0.4 is 5.73 Å². The quantitative estimate of drug-likeness (QED) is 0.768. The monoisotopic (exact) mass is 207 g/mol. The predicted octanol–water partition coefficient (Wildman–Crippen LogP) is 0.904. The van der Waals surface area contributed by atoms with E-state index in [0.29, 0.717) is 5.56 Å². The van der Waals surface area contributed by atoms with Crippen LogP contribution in [0.15, 0.2) is 30.3 Å². The largest absolute Gasteiger partial charge is 0.481 e. The Labute approximate surface area is 87.7 Å². The Morgan fingerprint density at radius 2 is 1.87 bits per heavy atom. The zero-order chi connectivity index (χ0) is 11.5. The molecule has 0 aliphatic carbocycles. The van der Waals surface area contributed by atoms with Gasteiger partial charge in [0.05, 0.1) is 6.42 Å². The van der Waals surface area contributed by atoms with Crippen LogP contribution in [-0.2, 0) is 15.1 Å². The molecule has 0 heterocycles. The molecule has 1 aromatic carbocycles. The fraction of sp³-hybridized carbons (Fsp3) is 0.273. The van der Waals surface area contributed by atoms with Crippen LogP contribution in [0.4, 0.5) is 0 Å². The third kappa shape index (κ3) is 2.41. The van der Waals surface area contributed by atoms with Gasteiger partial charge in [0.2, 0.25) is 0 Å². The molecule has 0 aliphatic rings. The molecule has 0 aliphatic heterocycles. The van der Waals surface area contributed by atoms with Crippen molar-refractivity contribution in [1.82, 2.24) is 0 Å². The number of benzene rings is 1. The van der Waals surface area contributed by atoms with E-state index in [1.807, 2.05) is 0 Å². The Hall–Kier alpha value is -1.68. The van der Waals surface area contributed by atoms with E-state index in [2.05, 4.69) is 0 Å². The average molecular weight is 207 g/mol. The van der Waals surface area contributed by atoms with Gasteiger partial charge in [-0.05, 0) is 12.5 Å². The molecule has 0 radical (unpaired) electrons. The average Bonchev–Trinajstić information content (AvgIpc) is 2.17. The summed E-state index contributed by atoms with van der Waals surface area (Å²) < 4.78 is 0. The molecule has 4 nitrogen and oxygen atoms in total. The first-order valence-corrected chi connectivity index (χ1v) is 4.54. The maximum absolute atomic E-state index is 11.4. The maximum Gasteiger partial charge on any atom is 0.306 e. The number of carbonyl (C=O) groups excluding carboxylic acids is 1. The van der Waals surface area contributed by atoms with E-state index in [0.717, 1.165) is 0 Å². The summed E-state index contributed by atoms with van der Waals surface area (Å²) in [6, 6.07) is 8.54. The van der Waals surface area contributed by atoms with Gasteiger partial charge in [-0.25, -0.2) is 0 Å². The summed E-state index contributed by atoms with van der Waals surface area (Å²) in [7, 11) is 0. The molecule has 0 saturated heterocycles. The fourth-order valence-corrected chi connectivity index (χ4v) is 1.40. The third-order valence-electron chi connectivity index (χ3n) is 2.35. The van der Waals surface area contributed by atoms with Crippen molar-refractivity contribution in [3.05, 3.63) is 35.9 Å². The van der Waals surface area contributed by atoms with E-state index in [-0.39, 0.29) is 5.78 Å². The van der Waals surface area contributed by atoms with E-state index in [1.165, 1.54) is 6.92 Å². The van der Waals surface area contributed by atoms with Crippen LogP contribution in [0.2, 0.25) is 0 Å². The SMILES string of the molecule is CC(=O)[C@@](N)(CC(=O)O)c1ccccc1. The van der Waals surface area contributed by atoms with Crippen LogP contribution in [0, 0.1) is 0 Å². The van der Waals surface area contributed by atoms with Crippen LogP contribution in [-0.4, -0.2) is 16.9 Å². The highest BCUT2D eigenvalue weighted by Gasteiger charge is 2.35. The number of nitrogens with two attached hydrogens (primary N) is 1. The molecule has 0 spiro atoms. The van der Waals surface area contributed by atoms with Gasteiger partial charge in [-0.3, -0.25) is 9.59 Å². The molecule has 1 atom stereocenters. The van der Waals surface area contributed by atoms with E-state index in [9.17, 15) is 9.59 Å². The zero-order valence-corrected chi connectivity index (χ0v) is 8.43. The molecule has 0 saturated carbocycles. The molecule has 4 heteroatoms. The number of carboxylic acid groups (broad SMARTS) is 1. The smallest absolute Gasteiger partial charge is 0.306 e. The molecule has 1 rings (SSSR count). The lowest BCUT2D eigenvalue weighted by Gasteiger charge is -2.25. The summed E-state index contributed by atoms with van der Waals surface area (Å²) in [6.07, 6.45) is -0.396. The van der Waals surface area contributed by atoms with Gasteiger partial charge >= 0.3 is 5.97 Å². The Kier molecular flexibility index (Phi) is 3.21. The number of hydrogen-bond donors (Lipinski definition) is 2. The van der Waals surface area contributed by atoms with Crippen molar-refractivity contribution in [1.29, 1.82) is 0 Å². The number of hydrogen-bond acceptors (Lipinski definition) is 3. The molecule has 0 amide bonds. The Morgan fingerprint density at radius 1 is 1.33 bits per heavy atom. The van der Waals surface area contributed by atoms with E-state index in [4.69, 9.17) is 10.8 Å². The van der Waals surface area contributed by atoms with Crippen LogP contribution >= 0.6 is 0 Å². The van der Waals surface area contributed by atoms with Crippen molar-refractivity contribution < 1.29 is 14.7 Å². The van der Waals surface area contributed by atoms with Crippen LogP contribution in [0.3, 0.4) is 0 Å². The number of carboxylic acids is 1. The number of ketones is 1. The summed E-state index contributed by atoms with van der Waals surface area (Å²) >= 11 is 0. The molecule has 80 valence electrons. The first kappa shape index (κ1) is 11.4. The Morgan fingerprint density at radius 3 is 2.27 bits per heavy atom. The van der Waals surface area contributed by atoms with Crippen molar-refractivity contribution in [2.75, 3.05) is 0 Å². The minimum Gasteiger partial charge on any atom is -0.481 e. The van der Waals surface area contributed by atoms with E-state index in [1.54, 1.807) is 30.3 Å². The van der Waals surface area contributed by atoms with E-state index >= 15 is 0 Å². The second-order valence-electron chi connectivity index (χ2n) is 3.46. The zero-order valence-electron chi connectivity index (χ0n) is 8.43. The third-order valence-corrected chi connectivity index (χ3v) is 2.35. The maximum atomic E-state index is 11.4. The van der Waals surface area contributed by atoms with Crippen molar-refractivity contribution in [3.8, 4) is 0 Å². The fourth-order valence-electron chi connectivity index (χ4n) is 1.40. The topological polar surface area (TPSA) is 80.4 Å². The summed E-state index contributed by atoms with van der Waals surface area (Å²) in [5, 5.41) is 8.73. The standard InChI is InChI=1S/C11H13NO3/c1-8(13)11(12,7-10(14)15)9-5-3-2-4-6-9/h2-6H,7,12H2,1H3,(H,14,15)/t11-/m0/s1. The van der Waals surface area contributed by atoms with Gasteiger partial charge in [-0.15, -0.1) is 0 Å². The number of carbonyl (C=O) groups is 2. The first-order chi connectivity index (χ1) is 6.97.